The van der Waals surface area contributed by atoms with E-state index in [9.17, 15) is 4.79 Å². The zero-order chi connectivity index (χ0) is 9.97. The van der Waals surface area contributed by atoms with E-state index >= 15 is 0 Å². The lowest BCUT2D eigenvalue weighted by Gasteiger charge is -2.29. The molecule has 0 aliphatic carbocycles. The molecule has 0 bridgehead atoms. The van der Waals surface area contributed by atoms with E-state index in [1.54, 1.807) is 11.1 Å². The third kappa shape index (κ3) is 1.74. The van der Waals surface area contributed by atoms with E-state index < -0.39 is 0 Å². The molecule has 1 amide bonds. The highest BCUT2D eigenvalue weighted by atomic mass is 16.2. The number of aromatic nitrogens is 3. The highest BCUT2D eigenvalue weighted by molar-refractivity contribution is 5.75. The van der Waals surface area contributed by atoms with Crippen LogP contribution in [0.1, 0.15) is 12.8 Å². The van der Waals surface area contributed by atoms with Crippen molar-refractivity contribution in [3.05, 3.63) is 12.4 Å². The highest BCUT2D eigenvalue weighted by Crippen LogP contribution is 2.09. The summed E-state index contributed by atoms with van der Waals surface area (Å²) >= 11 is 0. The number of likely N-dealkylation sites (tertiary alicyclic amines) is 1. The quantitative estimate of drug-likeness (QED) is 0.615. The van der Waals surface area contributed by atoms with Gasteiger partial charge in [-0.3, -0.25) is 0 Å². The van der Waals surface area contributed by atoms with Crippen molar-refractivity contribution in [1.82, 2.24) is 19.9 Å². The van der Waals surface area contributed by atoms with Crippen LogP contribution >= 0.6 is 0 Å². The van der Waals surface area contributed by atoms with Crippen LogP contribution < -0.4 is 5.73 Å². The van der Waals surface area contributed by atoms with Crippen LogP contribution in [0.25, 0.3) is 0 Å². The fourth-order valence-corrected chi connectivity index (χ4v) is 1.55. The third-order valence-electron chi connectivity index (χ3n) is 2.43. The van der Waals surface area contributed by atoms with Crippen LogP contribution in [0.5, 0.6) is 0 Å². The van der Waals surface area contributed by atoms with E-state index in [-0.39, 0.29) is 12.1 Å². The highest BCUT2D eigenvalue weighted by Gasteiger charge is 2.21. The zero-order valence-electron chi connectivity index (χ0n) is 7.83. The molecule has 1 aromatic heterocycles. The SMILES string of the molecule is NC1CCN(C(=O)n2ccnn2)CC1. The molecule has 76 valence electrons. The molecule has 0 spiro atoms. The Morgan fingerprint density at radius 1 is 1.43 bits per heavy atom. The Bertz CT molecular complexity index is 302. The smallest absolute Gasteiger partial charge is 0.328 e. The van der Waals surface area contributed by atoms with Crippen molar-refractivity contribution in [2.24, 2.45) is 5.73 Å². The molecule has 1 saturated heterocycles. The molecule has 0 saturated carbocycles. The Hall–Kier alpha value is -1.43. The van der Waals surface area contributed by atoms with Crippen LogP contribution in [-0.4, -0.2) is 45.1 Å². The van der Waals surface area contributed by atoms with Crippen molar-refractivity contribution in [2.45, 2.75) is 18.9 Å². The maximum absolute atomic E-state index is 11.7. The van der Waals surface area contributed by atoms with Gasteiger partial charge in [-0.1, -0.05) is 5.21 Å². The molecule has 1 aliphatic rings. The van der Waals surface area contributed by atoms with E-state index in [1.165, 1.54) is 10.9 Å². The molecule has 0 aromatic carbocycles. The van der Waals surface area contributed by atoms with Gasteiger partial charge in [0.1, 0.15) is 0 Å². The number of rotatable bonds is 0. The van der Waals surface area contributed by atoms with Gasteiger partial charge in [-0.25, -0.2) is 4.79 Å². The summed E-state index contributed by atoms with van der Waals surface area (Å²) in [5, 5.41) is 7.25. The average Bonchev–Trinajstić information content (AvgIpc) is 2.71. The van der Waals surface area contributed by atoms with E-state index in [1.807, 2.05) is 0 Å². The molecule has 1 aliphatic heterocycles. The Morgan fingerprint density at radius 2 is 2.14 bits per heavy atom. The first-order valence-corrected chi connectivity index (χ1v) is 4.68. The fourth-order valence-electron chi connectivity index (χ4n) is 1.55. The van der Waals surface area contributed by atoms with Crippen molar-refractivity contribution in [3.8, 4) is 0 Å². The second-order valence-electron chi connectivity index (χ2n) is 3.45. The van der Waals surface area contributed by atoms with E-state index in [0.29, 0.717) is 13.1 Å². The van der Waals surface area contributed by atoms with Crippen molar-refractivity contribution in [3.63, 3.8) is 0 Å². The summed E-state index contributed by atoms with van der Waals surface area (Å²) in [6.45, 7) is 1.42. The van der Waals surface area contributed by atoms with Crippen LogP contribution in [0.4, 0.5) is 4.79 Å². The minimum absolute atomic E-state index is 0.116. The van der Waals surface area contributed by atoms with Crippen LogP contribution in [0.3, 0.4) is 0 Å². The first kappa shape index (κ1) is 9.14. The Balaban J connectivity index is 1.99. The third-order valence-corrected chi connectivity index (χ3v) is 2.43. The summed E-state index contributed by atoms with van der Waals surface area (Å²) in [5.41, 5.74) is 5.74. The summed E-state index contributed by atoms with van der Waals surface area (Å²) in [6, 6.07) is 0.115. The van der Waals surface area contributed by atoms with Crippen LogP contribution in [-0.2, 0) is 0 Å². The van der Waals surface area contributed by atoms with Crippen molar-refractivity contribution >= 4 is 6.03 Å². The zero-order valence-corrected chi connectivity index (χ0v) is 7.83. The minimum Gasteiger partial charge on any atom is -0.328 e. The molecular formula is C8H13N5O. The van der Waals surface area contributed by atoms with Gasteiger partial charge < -0.3 is 10.6 Å². The maximum Gasteiger partial charge on any atom is 0.346 e. The van der Waals surface area contributed by atoms with Gasteiger partial charge in [-0.05, 0) is 12.8 Å². The van der Waals surface area contributed by atoms with Gasteiger partial charge in [-0.2, -0.15) is 4.68 Å². The van der Waals surface area contributed by atoms with Crippen LogP contribution in [0.2, 0.25) is 0 Å². The molecule has 0 unspecified atom stereocenters. The predicted molar refractivity (Wildman–Crippen MR) is 49.6 cm³/mol. The van der Waals surface area contributed by atoms with E-state index in [2.05, 4.69) is 10.3 Å². The molecule has 14 heavy (non-hydrogen) atoms. The lowest BCUT2D eigenvalue weighted by atomic mass is 10.1. The first-order chi connectivity index (χ1) is 6.77. The second-order valence-corrected chi connectivity index (χ2v) is 3.45. The summed E-state index contributed by atoms with van der Waals surface area (Å²) in [4.78, 5) is 13.5. The number of piperidine rings is 1. The van der Waals surface area contributed by atoms with Gasteiger partial charge in [0.25, 0.3) is 0 Å². The molecular weight excluding hydrogens is 182 g/mol. The molecule has 2 heterocycles. The van der Waals surface area contributed by atoms with Gasteiger partial charge >= 0.3 is 6.03 Å². The fraction of sp³-hybridized carbons (Fsp3) is 0.625. The topological polar surface area (TPSA) is 77.0 Å². The summed E-state index contributed by atoms with van der Waals surface area (Å²) in [6.07, 6.45) is 4.77. The molecule has 1 aromatic rings. The number of nitrogens with two attached hydrogens (primary N) is 1. The molecule has 0 atom stereocenters. The number of hydrogen-bond donors (Lipinski definition) is 1. The van der Waals surface area contributed by atoms with Crippen molar-refractivity contribution in [2.75, 3.05) is 13.1 Å². The molecule has 0 radical (unpaired) electrons. The maximum atomic E-state index is 11.7. The Labute approximate surface area is 81.7 Å². The van der Waals surface area contributed by atoms with Gasteiger partial charge in [0.2, 0.25) is 0 Å². The predicted octanol–water partition coefficient (Wildman–Crippen LogP) is -0.331. The van der Waals surface area contributed by atoms with Gasteiger partial charge in [0.05, 0.1) is 12.4 Å². The molecule has 1 fully saturated rings. The second kappa shape index (κ2) is 3.75. The number of amides is 1. The largest absolute Gasteiger partial charge is 0.346 e. The lowest BCUT2D eigenvalue weighted by molar-refractivity contribution is 0.180. The van der Waals surface area contributed by atoms with E-state index in [0.717, 1.165) is 12.8 Å². The van der Waals surface area contributed by atoms with Crippen LogP contribution in [0.15, 0.2) is 12.4 Å². The minimum atomic E-state index is -0.116. The van der Waals surface area contributed by atoms with Gasteiger partial charge in [-0.15, -0.1) is 5.10 Å². The monoisotopic (exact) mass is 195 g/mol. The molecule has 2 N–H and O–H groups in total. The number of carbonyl (C=O) groups excluding carboxylic acids is 1. The first-order valence-electron chi connectivity index (χ1n) is 4.68. The summed E-state index contributed by atoms with van der Waals surface area (Å²) in [7, 11) is 0. The van der Waals surface area contributed by atoms with Gasteiger partial charge in [0.15, 0.2) is 0 Å². The van der Waals surface area contributed by atoms with Gasteiger partial charge in [0, 0.05) is 19.1 Å². The standard InChI is InChI=1S/C8H13N5O/c9-7-1-4-12(5-2-7)8(14)13-6-3-10-11-13/h3,6-7H,1-2,4-5,9H2. The Kier molecular flexibility index (Phi) is 2.45. The summed E-state index contributed by atoms with van der Waals surface area (Å²) < 4.78 is 1.25. The normalized spacial score (nSPS) is 18.5. The Morgan fingerprint density at radius 3 is 2.71 bits per heavy atom. The van der Waals surface area contributed by atoms with Crippen molar-refractivity contribution in [1.29, 1.82) is 0 Å². The van der Waals surface area contributed by atoms with Crippen molar-refractivity contribution < 1.29 is 4.79 Å². The number of hydrogen-bond acceptors (Lipinski definition) is 4. The lowest BCUT2D eigenvalue weighted by Crippen LogP contribution is -2.44. The van der Waals surface area contributed by atoms with E-state index in [4.69, 9.17) is 5.73 Å². The number of nitrogens with zero attached hydrogens (tertiary/aromatic N) is 4. The summed E-state index contributed by atoms with van der Waals surface area (Å²) in [5.74, 6) is 0. The van der Waals surface area contributed by atoms with Crippen LogP contribution in [0, 0.1) is 0 Å². The average molecular weight is 195 g/mol. The number of carbonyl (C=O) groups is 1. The molecule has 6 heteroatoms. The molecule has 2 rings (SSSR count). The molecule has 6 nitrogen and oxygen atoms in total.